The van der Waals surface area contributed by atoms with E-state index in [1.165, 1.54) is 0 Å². The zero-order valence-corrected chi connectivity index (χ0v) is 33.5. The molecule has 0 aromatic heterocycles. The van der Waals surface area contributed by atoms with Crippen molar-refractivity contribution in [2.75, 3.05) is 0 Å². The Kier molecular flexibility index (Phi) is 10.4. The highest BCUT2D eigenvalue weighted by Crippen LogP contribution is 2.75. The molecule has 10 rings (SSSR count). The molecule has 2 aliphatic rings. The number of hydrogen-bond acceptors (Lipinski definition) is 3. The molecule has 0 radical (unpaired) electrons. The van der Waals surface area contributed by atoms with Crippen LogP contribution in [0.15, 0.2) is 243 Å². The van der Waals surface area contributed by atoms with Crippen LogP contribution < -0.4 is 0 Å². The fraction of sp³-hybridized carbons (Fsp3) is 0.143. The molecule has 2 aliphatic heterocycles. The van der Waals surface area contributed by atoms with Crippen LogP contribution in [0, 0.1) is 0 Å². The summed E-state index contributed by atoms with van der Waals surface area (Å²) in [5, 5.41) is 0. The molecule has 4 atom stereocenters. The highest BCUT2D eigenvalue weighted by molar-refractivity contribution is 5.56. The summed E-state index contributed by atoms with van der Waals surface area (Å²) in [7, 11) is 0. The van der Waals surface area contributed by atoms with Gasteiger partial charge in [-0.1, -0.05) is 257 Å². The van der Waals surface area contributed by atoms with Gasteiger partial charge in [0, 0.05) is 0 Å². The molecule has 8 aromatic rings. The minimum Gasteiger partial charge on any atom is -0.352 e. The molecule has 0 N–H and O–H groups in total. The van der Waals surface area contributed by atoms with Crippen molar-refractivity contribution < 1.29 is 14.2 Å². The summed E-state index contributed by atoms with van der Waals surface area (Å²) in [6, 6.07) is 85.1. The summed E-state index contributed by atoms with van der Waals surface area (Å²) in [6.07, 6.45) is -0.716. The van der Waals surface area contributed by atoms with Gasteiger partial charge in [-0.3, -0.25) is 0 Å². The number of benzene rings is 8. The molecular weight excluding hydrogens is 721 g/mol. The predicted molar refractivity (Wildman–Crippen MR) is 237 cm³/mol. The van der Waals surface area contributed by atoms with Gasteiger partial charge in [-0.2, -0.15) is 0 Å². The van der Waals surface area contributed by atoms with Crippen molar-refractivity contribution in [3.05, 3.63) is 287 Å². The summed E-state index contributed by atoms with van der Waals surface area (Å²) in [6.45, 7) is 4.00. The van der Waals surface area contributed by atoms with Crippen LogP contribution in [0.2, 0.25) is 0 Å². The summed E-state index contributed by atoms with van der Waals surface area (Å²) < 4.78 is 23.7. The maximum atomic E-state index is 8.79. The fourth-order valence-electron chi connectivity index (χ4n) is 9.42. The normalized spacial score (nSPS) is 20.8. The van der Waals surface area contributed by atoms with E-state index in [1.54, 1.807) is 0 Å². The van der Waals surface area contributed by atoms with Gasteiger partial charge >= 0.3 is 0 Å². The molecule has 2 heterocycles. The zero-order chi connectivity index (χ0) is 40.2. The van der Waals surface area contributed by atoms with Crippen LogP contribution in [-0.2, 0) is 36.6 Å². The minimum absolute atomic E-state index is 0.358. The molecule has 2 fully saturated rings. The first-order chi connectivity index (χ1) is 29.2. The van der Waals surface area contributed by atoms with Crippen LogP contribution in [0.25, 0.3) is 0 Å². The van der Waals surface area contributed by atoms with E-state index >= 15 is 0 Å². The van der Waals surface area contributed by atoms with Gasteiger partial charge < -0.3 is 14.2 Å². The monoisotopic (exact) mass is 768 g/mol. The Morgan fingerprint density at radius 2 is 0.542 bits per heavy atom. The van der Waals surface area contributed by atoms with Crippen molar-refractivity contribution in [2.45, 2.75) is 48.5 Å². The second-order valence-electron chi connectivity index (χ2n) is 14.9. The van der Waals surface area contributed by atoms with E-state index in [9.17, 15) is 0 Å². The second-order valence-corrected chi connectivity index (χ2v) is 14.9. The molecular formula is C56H48O3. The van der Waals surface area contributed by atoms with Gasteiger partial charge in [0.05, 0.1) is 0 Å². The molecule has 59 heavy (non-hydrogen) atoms. The lowest BCUT2D eigenvalue weighted by atomic mass is 9.65. The molecule has 0 amide bonds. The smallest absolute Gasteiger partial charge is 0.162 e. The lowest BCUT2D eigenvalue weighted by Gasteiger charge is -2.51. The number of rotatable bonds is 12. The summed E-state index contributed by atoms with van der Waals surface area (Å²) in [5.41, 5.74) is 3.43. The fourth-order valence-corrected chi connectivity index (χ4v) is 9.42. The van der Waals surface area contributed by atoms with Crippen LogP contribution in [0.4, 0.5) is 0 Å². The number of hydrogen-bond donors (Lipinski definition) is 0. The third-order valence-corrected chi connectivity index (χ3v) is 11.9. The van der Waals surface area contributed by atoms with Gasteiger partial charge in [-0.25, -0.2) is 0 Å². The maximum Gasteiger partial charge on any atom is 0.162 e. The largest absolute Gasteiger partial charge is 0.352 e. The Morgan fingerprint density at radius 3 is 0.797 bits per heavy atom. The van der Waals surface area contributed by atoms with Crippen LogP contribution in [0.3, 0.4) is 0 Å². The number of ether oxygens (including phenoxy) is 3. The summed E-state index contributed by atoms with van der Waals surface area (Å²) >= 11 is 0. The van der Waals surface area contributed by atoms with Crippen LogP contribution in [-0.4, -0.2) is 0 Å². The third-order valence-electron chi connectivity index (χ3n) is 11.9. The lowest BCUT2D eigenvalue weighted by molar-refractivity contribution is -0.194. The third kappa shape index (κ3) is 6.17. The first kappa shape index (κ1) is 38.2. The standard InChI is InChI=1S/C54H42O3.C2H6/c1-9-25-41(26-10-1)49-53(55-49,47-37-21-7-22-38-47)51(43-29-13-3-14-30-43,44-31-15-4-16-32-44)57-52(45-33-17-5-18-34-45,46-35-19-6-20-36-46)54(48-39-23-8-24-40-48)50(56-54)42-27-11-2-12-28-42;1-2/h1-40,49-50H;1-2H3. The molecule has 4 unspecified atom stereocenters. The van der Waals surface area contributed by atoms with Gasteiger partial charge in [0.1, 0.15) is 12.2 Å². The quantitative estimate of drug-likeness (QED) is 0.116. The summed E-state index contributed by atoms with van der Waals surface area (Å²) in [4.78, 5) is 0. The van der Waals surface area contributed by atoms with E-state index in [2.05, 4.69) is 243 Å². The maximum absolute atomic E-state index is 8.79. The van der Waals surface area contributed by atoms with E-state index in [4.69, 9.17) is 14.2 Å². The van der Waals surface area contributed by atoms with E-state index in [1.807, 2.05) is 13.8 Å². The zero-order valence-electron chi connectivity index (χ0n) is 33.5. The first-order valence-corrected chi connectivity index (χ1v) is 20.7. The van der Waals surface area contributed by atoms with E-state index in [0.717, 1.165) is 44.5 Å². The lowest BCUT2D eigenvalue weighted by Crippen LogP contribution is -2.55. The molecule has 0 aliphatic carbocycles. The number of epoxide rings is 2. The van der Waals surface area contributed by atoms with Crippen LogP contribution >= 0.6 is 0 Å². The van der Waals surface area contributed by atoms with Crippen molar-refractivity contribution in [3.8, 4) is 0 Å². The van der Waals surface area contributed by atoms with E-state index in [0.29, 0.717) is 0 Å². The highest BCUT2D eigenvalue weighted by Gasteiger charge is 2.79. The Hall–Kier alpha value is -6.36. The molecule has 0 bridgehead atoms. The summed E-state index contributed by atoms with van der Waals surface area (Å²) in [5.74, 6) is 0. The van der Waals surface area contributed by atoms with Gasteiger partial charge in [-0.15, -0.1) is 0 Å². The van der Waals surface area contributed by atoms with Crippen molar-refractivity contribution in [3.63, 3.8) is 0 Å². The average molecular weight is 769 g/mol. The molecule has 0 saturated carbocycles. The van der Waals surface area contributed by atoms with Crippen molar-refractivity contribution in [1.82, 2.24) is 0 Å². The van der Waals surface area contributed by atoms with Gasteiger partial charge in [0.15, 0.2) is 22.4 Å². The Labute approximate surface area is 348 Å². The SMILES string of the molecule is CC.c1ccc(C2OC2(c2ccccc2)C(OC(c2ccccc2)(c2ccccc2)C2(c3ccccc3)OC2c2ccccc2)(c2ccccc2)c2ccccc2)cc1. The molecule has 8 aromatic carbocycles. The molecule has 3 heteroatoms. The average Bonchev–Trinajstić information content (AvgIpc) is 4.28. The Bertz CT molecular complexity index is 2270. The molecule has 3 nitrogen and oxygen atoms in total. The first-order valence-electron chi connectivity index (χ1n) is 20.7. The highest BCUT2D eigenvalue weighted by atomic mass is 16.7. The van der Waals surface area contributed by atoms with Crippen LogP contribution in [0.5, 0.6) is 0 Å². The van der Waals surface area contributed by atoms with Crippen molar-refractivity contribution in [1.29, 1.82) is 0 Å². The van der Waals surface area contributed by atoms with Gasteiger partial charge in [-0.05, 0) is 44.5 Å². The van der Waals surface area contributed by atoms with Crippen molar-refractivity contribution >= 4 is 0 Å². The predicted octanol–water partition coefficient (Wildman–Crippen LogP) is 13.3. The second kappa shape index (κ2) is 16.1. The van der Waals surface area contributed by atoms with Gasteiger partial charge in [0.25, 0.3) is 0 Å². The van der Waals surface area contributed by atoms with E-state index < -0.39 is 22.4 Å². The topological polar surface area (TPSA) is 34.3 Å². The molecule has 2 saturated heterocycles. The minimum atomic E-state index is -1.28. The van der Waals surface area contributed by atoms with Crippen molar-refractivity contribution in [2.24, 2.45) is 0 Å². The Morgan fingerprint density at radius 1 is 0.322 bits per heavy atom. The van der Waals surface area contributed by atoms with Gasteiger partial charge in [0.2, 0.25) is 0 Å². The molecule has 0 spiro atoms. The molecule has 290 valence electrons. The Balaban J connectivity index is 0.00000221. The van der Waals surface area contributed by atoms with Crippen LogP contribution in [0.1, 0.15) is 70.6 Å². The van der Waals surface area contributed by atoms with E-state index in [-0.39, 0.29) is 12.2 Å².